The maximum atomic E-state index is 10.1. The summed E-state index contributed by atoms with van der Waals surface area (Å²) in [6.45, 7) is 2.14. The molecule has 0 aliphatic carbocycles. The summed E-state index contributed by atoms with van der Waals surface area (Å²) in [5, 5.41) is 14.0. The number of rotatable bonds is 8. The Labute approximate surface area is 192 Å². The van der Waals surface area contributed by atoms with Gasteiger partial charge in [-0.25, -0.2) is 0 Å². The summed E-state index contributed by atoms with van der Waals surface area (Å²) < 4.78 is 0. The molecule has 0 saturated heterocycles. The average Bonchev–Trinajstić information content (AvgIpc) is 2.87. The van der Waals surface area contributed by atoms with E-state index in [4.69, 9.17) is 4.99 Å². The van der Waals surface area contributed by atoms with Crippen LogP contribution in [-0.2, 0) is 0 Å². The second kappa shape index (κ2) is 11.0. The van der Waals surface area contributed by atoms with E-state index in [1.807, 2.05) is 24.4 Å². The van der Waals surface area contributed by atoms with Crippen molar-refractivity contribution in [1.82, 2.24) is 0 Å². The van der Waals surface area contributed by atoms with Crippen molar-refractivity contribution < 1.29 is 5.11 Å². The lowest BCUT2D eigenvalue weighted by atomic mass is 9.94. The Morgan fingerprint density at radius 3 is 1.78 bits per heavy atom. The molecule has 4 rings (SSSR count). The van der Waals surface area contributed by atoms with Crippen LogP contribution in [0.15, 0.2) is 120 Å². The van der Waals surface area contributed by atoms with Crippen LogP contribution in [0.2, 0.25) is 0 Å². The van der Waals surface area contributed by atoms with Crippen molar-refractivity contribution in [3.05, 3.63) is 126 Å². The van der Waals surface area contributed by atoms with Crippen LogP contribution in [0.25, 0.3) is 0 Å². The van der Waals surface area contributed by atoms with Crippen molar-refractivity contribution in [2.45, 2.75) is 18.9 Å². The third-order valence-electron chi connectivity index (χ3n) is 5.70. The van der Waals surface area contributed by atoms with E-state index < -0.39 is 7.92 Å². The highest BCUT2D eigenvalue weighted by molar-refractivity contribution is 7.80. The maximum absolute atomic E-state index is 10.1. The van der Waals surface area contributed by atoms with Crippen LogP contribution in [0, 0.1) is 0 Å². The fraction of sp³-hybridized carbons (Fsp3) is 0.138. The van der Waals surface area contributed by atoms with Crippen LogP contribution in [0.4, 0.5) is 0 Å². The van der Waals surface area contributed by atoms with E-state index in [1.54, 1.807) is 0 Å². The van der Waals surface area contributed by atoms with Crippen LogP contribution in [-0.4, -0.2) is 24.0 Å². The smallest absolute Gasteiger partial charge is 0.0796 e. The highest BCUT2D eigenvalue weighted by Gasteiger charge is 2.20. The van der Waals surface area contributed by atoms with E-state index in [9.17, 15) is 5.11 Å². The molecule has 4 aromatic rings. The summed E-state index contributed by atoms with van der Waals surface area (Å²) in [6.07, 6.45) is 1.96. The van der Waals surface area contributed by atoms with Crippen LogP contribution >= 0.6 is 7.92 Å². The Hall–Kier alpha value is -3.06. The first-order valence-electron chi connectivity index (χ1n) is 11.0. The largest absolute Gasteiger partial charge is 0.394 e. The van der Waals surface area contributed by atoms with Crippen molar-refractivity contribution in [1.29, 1.82) is 0 Å². The third-order valence-corrected chi connectivity index (χ3v) is 8.22. The molecule has 0 aromatic heterocycles. The van der Waals surface area contributed by atoms with Crippen molar-refractivity contribution in [3.8, 4) is 0 Å². The van der Waals surface area contributed by atoms with E-state index in [1.165, 1.54) is 21.5 Å². The molecule has 0 bridgehead atoms. The lowest BCUT2D eigenvalue weighted by Gasteiger charge is -2.22. The molecule has 0 radical (unpaired) electrons. The first kappa shape index (κ1) is 22.1. The monoisotopic (exact) mass is 437 g/mol. The van der Waals surface area contributed by atoms with Gasteiger partial charge in [0.1, 0.15) is 0 Å². The molecule has 0 saturated carbocycles. The normalized spacial score (nSPS) is 13.3. The van der Waals surface area contributed by atoms with Gasteiger partial charge in [0.25, 0.3) is 0 Å². The van der Waals surface area contributed by atoms with Gasteiger partial charge in [-0.05, 0) is 29.4 Å². The minimum absolute atomic E-state index is 0.0147. The first-order chi connectivity index (χ1) is 15.8. The predicted octanol–water partition coefficient (Wildman–Crippen LogP) is 5.03. The van der Waals surface area contributed by atoms with E-state index in [2.05, 4.69) is 104 Å². The Morgan fingerprint density at radius 1 is 0.719 bits per heavy atom. The lowest BCUT2D eigenvalue weighted by Crippen LogP contribution is -2.24. The third kappa shape index (κ3) is 5.22. The summed E-state index contributed by atoms with van der Waals surface area (Å²) in [4.78, 5) is 4.85. The fourth-order valence-electron chi connectivity index (χ4n) is 3.87. The van der Waals surface area contributed by atoms with Gasteiger partial charge >= 0.3 is 0 Å². The molecule has 3 heteroatoms. The van der Waals surface area contributed by atoms with Gasteiger partial charge in [-0.15, -0.1) is 0 Å². The van der Waals surface area contributed by atoms with Crippen molar-refractivity contribution in [3.63, 3.8) is 0 Å². The summed E-state index contributed by atoms with van der Waals surface area (Å²) in [5.41, 5.74) is 2.29. The highest BCUT2D eigenvalue weighted by Crippen LogP contribution is 2.33. The summed E-state index contributed by atoms with van der Waals surface area (Å²) in [5.74, 6) is 0.134. The molecule has 0 amide bonds. The van der Waals surface area contributed by atoms with E-state index >= 15 is 0 Å². The van der Waals surface area contributed by atoms with E-state index in [0.29, 0.717) is 0 Å². The fourth-order valence-corrected chi connectivity index (χ4v) is 6.29. The first-order valence-corrected chi connectivity index (χ1v) is 12.3. The molecule has 2 atom stereocenters. The maximum Gasteiger partial charge on any atom is 0.0796 e. The number of aliphatic hydroxyl groups is 1. The van der Waals surface area contributed by atoms with Gasteiger partial charge < -0.3 is 5.11 Å². The van der Waals surface area contributed by atoms with Gasteiger partial charge in [0.05, 0.1) is 12.6 Å². The summed E-state index contributed by atoms with van der Waals surface area (Å²) >= 11 is 0. The van der Waals surface area contributed by atoms with Gasteiger partial charge in [-0.3, -0.25) is 4.99 Å². The Kier molecular flexibility index (Phi) is 7.61. The molecular formula is C29H28NOP. The minimum Gasteiger partial charge on any atom is -0.394 e. The molecule has 0 fully saturated rings. The molecular weight excluding hydrogens is 409 g/mol. The van der Waals surface area contributed by atoms with Crippen molar-refractivity contribution in [2.24, 2.45) is 4.99 Å². The summed E-state index contributed by atoms with van der Waals surface area (Å²) in [7, 11) is -0.715. The number of nitrogens with zero attached hydrogens (tertiary/aromatic N) is 1. The summed E-state index contributed by atoms with van der Waals surface area (Å²) in [6, 6.07) is 40.0. The second-order valence-corrected chi connectivity index (χ2v) is 9.98. The molecule has 1 N–H and O–H groups in total. The highest BCUT2D eigenvalue weighted by atomic mass is 31.1. The second-order valence-electron chi connectivity index (χ2n) is 7.79. The molecule has 0 unspecified atom stereocenters. The molecule has 0 spiro atoms. The molecule has 0 aliphatic heterocycles. The molecule has 32 heavy (non-hydrogen) atoms. The van der Waals surface area contributed by atoms with Gasteiger partial charge in [0, 0.05) is 17.7 Å². The predicted molar refractivity (Wildman–Crippen MR) is 138 cm³/mol. The van der Waals surface area contributed by atoms with Crippen LogP contribution in [0.1, 0.15) is 24.0 Å². The van der Waals surface area contributed by atoms with Gasteiger partial charge in [0.2, 0.25) is 0 Å². The number of aliphatic hydroxyl groups excluding tert-OH is 1. The van der Waals surface area contributed by atoms with E-state index in [-0.39, 0.29) is 18.6 Å². The standard InChI is InChI=1S/C29H28NOP/c1-23(24-13-5-2-6-14-24)28(22-31)30-21-25-15-11-12-20-29(25)32(26-16-7-3-8-17-26)27-18-9-4-10-19-27/h2-21,23,28,31H,22H2,1H3/t23-,28-/m0/s1. The number of benzene rings is 4. The zero-order valence-electron chi connectivity index (χ0n) is 18.3. The van der Waals surface area contributed by atoms with Gasteiger partial charge in [-0.2, -0.15) is 0 Å². The van der Waals surface area contributed by atoms with Gasteiger partial charge in [-0.1, -0.05) is 122 Å². The zero-order valence-corrected chi connectivity index (χ0v) is 19.1. The zero-order chi connectivity index (χ0) is 22.2. The van der Waals surface area contributed by atoms with Gasteiger partial charge in [0.15, 0.2) is 0 Å². The quantitative estimate of drug-likeness (QED) is 0.304. The van der Waals surface area contributed by atoms with E-state index in [0.717, 1.165) is 5.56 Å². The average molecular weight is 438 g/mol. The van der Waals surface area contributed by atoms with Crippen molar-refractivity contribution >= 4 is 30.0 Å². The lowest BCUT2D eigenvalue weighted by molar-refractivity contribution is 0.254. The molecule has 2 nitrogen and oxygen atoms in total. The molecule has 0 aliphatic rings. The Bertz CT molecular complexity index is 1090. The Morgan fingerprint density at radius 2 is 1.22 bits per heavy atom. The minimum atomic E-state index is -0.715. The SMILES string of the molecule is C[C@@H](c1ccccc1)[C@H](CO)N=Cc1ccccc1P(c1ccccc1)c1ccccc1. The number of hydrogen-bond donors (Lipinski definition) is 1. The van der Waals surface area contributed by atoms with Crippen molar-refractivity contribution in [2.75, 3.05) is 6.61 Å². The van der Waals surface area contributed by atoms with Crippen LogP contribution in [0.3, 0.4) is 0 Å². The Balaban J connectivity index is 1.71. The number of aliphatic imine (C=N–C) groups is 1. The number of hydrogen-bond acceptors (Lipinski definition) is 2. The molecule has 0 heterocycles. The van der Waals surface area contributed by atoms with Crippen LogP contribution < -0.4 is 15.9 Å². The molecule has 4 aromatic carbocycles. The van der Waals surface area contributed by atoms with Crippen LogP contribution in [0.5, 0.6) is 0 Å². The topological polar surface area (TPSA) is 32.6 Å². The molecule has 160 valence electrons.